The molecular weight excluding hydrogens is 405 g/mol. The van der Waals surface area contributed by atoms with E-state index in [1.807, 2.05) is 37.3 Å². The third-order valence-electron chi connectivity index (χ3n) is 5.68. The summed E-state index contributed by atoms with van der Waals surface area (Å²) >= 11 is 0. The summed E-state index contributed by atoms with van der Waals surface area (Å²) in [5.74, 6) is -1.42. The van der Waals surface area contributed by atoms with Crippen molar-refractivity contribution < 1.29 is 22.8 Å². The number of hydrogen-bond donors (Lipinski definition) is 1. The van der Waals surface area contributed by atoms with Gasteiger partial charge in [-0.1, -0.05) is 61.9 Å². The van der Waals surface area contributed by atoms with Crippen LogP contribution in [0.25, 0.3) is 0 Å². The molecule has 1 N–H and O–H groups in total. The fourth-order valence-corrected chi connectivity index (χ4v) is 3.96. The van der Waals surface area contributed by atoms with Crippen molar-refractivity contribution in [3.05, 3.63) is 71.3 Å². The number of nitrogens with zero attached hydrogens (tertiary/aromatic N) is 1. The number of alkyl halides is 3. The molecule has 1 saturated heterocycles. The first kappa shape index (κ1) is 22.8. The van der Waals surface area contributed by atoms with E-state index >= 15 is 0 Å². The average molecular weight is 432 g/mol. The summed E-state index contributed by atoms with van der Waals surface area (Å²) in [5.41, 5.74) is 0.545. The van der Waals surface area contributed by atoms with Gasteiger partial charge in [0.25, 0.3) is 0 Å². The molecule has 0 saturated carbocycles. The Bertz CT molecular complexity index is 899. The number of carbonyl (C=O) groups is 2. The minimum absolute atomic E-state index is 0.132. The Morgan fingerprint density at radius 2 is 1.81 bits per heavy atom. The maximum absolute atomic E-state index is 13.2. The maximum atomic E-state index is 13.2. The molecule has 0 spiro atoms. The minimum Gasteiger partial charge on any atom is -0.356 e. The molecule has 7 heteroatoms. The van der Waals surface area contributed by atoms with E-state index in [1.165, 1.54) is 6.07 Å². The number of halogens is 3. The summed E-state index contributed by atoms with van der Waals surface area (Å²) in [7, 11) is 0. The Labute approximate surface area is 180 Å². The first-order valence-corrected chi connectivity index (χ1v) is 10.6. The van der Waals surface area contributed by atoms with Crippen molar-refractivity contribution in [2.45, 2.75) is 38.3 Å². The highest BCUT2D eigenvalue weighted by Gasteiger charge is 2.41. The van der Waals surface area contributed by atoms with Crippen LogP contribution in [0.15, 0.2) is 54.6 Å². The molecule has 1 heterocycles. The summed E-state index contributed by atoms with van der Waals surface area (Å²) < 4.78 is 39.7. The molecule has 0 aromatic heterocycles. The van der Waals surface area contributed by atoms with E-state index in [1.54, 1.807) is 11.0 Å². The molecule has 2 amide bonds. The second-order valence-electron chi connectivity index (χ2n) is 7.94. The van der Waals surface area contributed by atoms with Crippen LogP contribution < -0.4 is 5.32 Å². The zero-order chi connectivity index (χ0) is 22.4. The van der Waals surface area contributed by atoms with E-state index in [9.17, 15) is 22.8 Å². The van der Waals surface area contributed by atoms with Crippen molar-refractivity contribution in [3.63, 3.8) is 0 Å². The summed E-state index contributed by atoms with van der Waals surface area (Å²) in [6, 6.07) is 14.4. The zero-order valence-electron chi connectivity index (χ0n) is 17.5. The predicted molar refractivity (Wildman–Crippen MR) is 112 cm³/mol. The van der Waals surface area contributed by atoms with Crippen LogP contribution in [0.5, 0.6) is 0 Å². The lowest BCUT2D eigenvalue weighted by Gasteiger charge is -2.19. The number of benzene rings is 2. The molecule has 166 valence electrons. The van der Waals surface area contributed by atoms with Gasteiger partial charge in [-0.3, -0.25) is 9.59 Å². The van der Waals surface area contributed by atoms with Gasteiger partial charge in [0.1, 0.15) is 0 Å². The molecule has 1 aliphatic heterocycles. The Kier molecular flexibility index (Phi) is 7.36. The van der Waals surface area contributed by atoms with Gasteiger partial charge in [0, 0.05) is 25.6 Å². The van der Waals surface area contributed by atoms with Crippen LogP contribution in [0.2, 0.25) is 0 Å². The third kappa shape index (κ3) is 5.87. The van der Waals surface area contributed by atoms with E-state index in [0.717, 1.165) is 30.5 Å². The summed E-state index contributed by atoms with van der Waals surface area (Å²) in [5, 5.41) is 2.88. The largest absolute Gasteiger partial charge is 0.416 e. The van der Waals surface area contributed by atoms with E-state index in [4.69, 9.17) is 0 Å². The molecule has 0 radical (unpaired) electrons. The lowest BCUT2D eigenvalue weighted by atomic mass is 9.87. The van der Waals surface area contributed by atoms with Crippen LogP contribution in [0.3, 0.4) is 0 Å². The lowest BCUT2D eigenvalue weighted by Crippen LogP contribution is -2.36. The molecule has 0 unspecified atom stereocenters. The number of nitrogens with one attached hydrogen (secondary N) is 1. The zero-order valence-corrected chi connectivity index (χ0v) is 17.5. The fraction of sp³-hybridized carbons (Fsp3) is 0.417. The highest BCUT2D eigenvalue weighted by molar-refractivity contribution is 5.84. The molecule has 4 nitrogen and oxygen atoms in total. The first-order chi connectivity index (χ1) is 14.8. The molecule has 1 aliphatic rings. The Morgan fingerprint density at radius 3 is 2.48 bits per heavy atom. The van der Waals surface area contributed by atoms with Crippen LogP contribution in [-0.4, -0.2) is 36.3 Å². The van der Waals surface area contributed by atoms with E-state index in [2.05, 4.69) is 5.32 Å². The molecule has 0 bridgehead atoms. The topological polar surface area (TPSA) is 49.4 Å². The molecule has 2 aromatic rings. The Hall–Kier alpha value is -2.83. The van der Waals surface area contributed by atoms with E-state index in [0.29, 0.717) is 12.1 Å². The quantitative estimate of drug-likeness (QED) is 0.659. The van der Waals surface area contributed by atoms with Gasteiger partial charge in [-0.25, -0.2) is 0 Å². The number of likely N-dealkylation sites (tertiary alicyclic amines) is 1. The molecule has 2 aromatic carbocycles. The molecule has 0 aliphatic carbocycles. The molecule has 31 heavy (non-hydrogen) atoms. The predicted octanol–water partition coefficient (Wildman–Crippen LogP) is 4.41. The summed E-state index contributed by atoms with van der Waals surface area (Å²) in [4.78, 5) is 27.3. The third-order valence-corrected chi connectivity index (χ3v) is 5.68. The highest BCUT2D eigenvalue weighted by atomic mass is 19.4. The van der Waals surface area contributed by atoms with Crippen molar-refractivity contribution >= 4 is 11.8 Å². The molecule has 2 atom stereocenters. The number of unbranched alkanes of at least 4 members (excludes halogenated alkanes) is 1. The normalized spacial score (nSPS) is 18.8. The highest BCUT2D eigenvalue weighted by Crippen LogP contribution is 2.36. The van der Waals surface area contributed by atoms with Gasteiger partial charge in [-0.15, -0.1) is 0 Å². The maximum Gasteiger partial charge on any atom is 0.416 e. The second-order valence-corrected chi connectivity index (χ2v) is 7.94. The van der Waals surface area contributed by atoms with Crippen LogP contribution in [-0.2, 0) is 22.2 Å². The van der Waals surface area contributed by atoms with Gasteiger partial charge in [0.2, 0.25) is 11.8 Å². The smallest absolute Gasteiger partial charge is 0.356 e. The number of rotatable bonds is 7. The summed E-state index contributed by atoms with van der Waals surface area (Å²) in [6.07, 6.45) is -2.52. The molecular formula is C24H27F3N2O2. The lowest BCUT2D eigenvalue weighted by molar-refractivity contribution is -0.137. The van der Waals surface area contributed by atoms with E-state index < -0.39 is 23.6 Å². The average Bonchev–Trinajstić information content (AvgIpc) is 3.20. The number of carbonyl (C=O) groups excluding carboxylic acids is 2. The van der Waals surface area contributed by atoms with Crippen molar-refractivity contribution in [1.29, 1.82) is 0 Å². The standard InChI is InChI=1S/C24H27F3N2O2/c1-2-3-12-28-23(31)21-16-29(22(30)13-17-8-5-4-6-9-17)15-20(21)18-10-7-11-19(14-18)24(25,26)27/h4-11,14,20-21H,2-3,12-13,15-16H2,1H3,(H,28,31)/t20-,21-/m1/s1. The Morgan fingerprint density at radius 1 is 1.06 bits per heavy atom. The van der Waals surface area contributed by atoms with Gasteiger partial charge in [0.05, 0.1) is 17.9 Å². The van der Waals surface area contributed by atoms with Gasteiger partial charge < -0.3 is 10.2 Å². The Balaban J connectivity index is 1.82. The van der Waals surface area contributed by atoms with E-state index in [-0.39, 0.29) is 31.3 Å². The van der Waals surface area contributed by atoms with Crippen LogP contribution in [0.1, 0.15) is 42.4 Å². The monoisotopic (exact) mass is 432 g/mol. The molecule has 3 rings (SSSR count). The van der Waals surface area contributed by atoms with Gasteiger partial charge >= 0.3 is 6.18 Å². The van der Waals surface area contributed by atoms with Gasteiger partial charge in [-0.05, 0) is 23.6 Å². The van der Waals surface area contributed by atoms with Crippen molar-refractivity contribution in [1.82, 2.24) is 10.2 Å². The summed E-state index contributed by atoms with van der Waals surface area (Å²) in [6.45, 7) is 2.94. The SMILES string of the molecule is CCCCNC(=O)[C@@H]1CN(C(=O)Cc2ccccc2)C[C@@H]1c1cccc(C(F)(F)F)c1. The van der Waals surface area contributed by atoms with Crippen molar-refractivity contribution in [2.75, 3.05) is 19.6 Å². The van der Waals surface area contributed by atoms with Crippen molar-refractivity contribution in [2.24, 2.45) is 5.92 Å². The van der Waals surface area contributed by atoms with Crippen LogP contribution in [0, 0.1) is 5.92 Å². The number of amides is 2. The number of hydrogen-bond acceptors (Lipinski definition) is 2. The van der Waals surface area contributed by atoms with Crippen LogP contribution >= 0.6 is 0 Å². The van der Waals surface area contributed by atoms with Crippen LogP contribution in [0.4, 0.5) is 13.2 Å². The molecule has 1 fully saturated rings. The van der Waals surface area contributed by atoms with Crippen molar-refractivity contribution in [3.8, 4) is 0 Å². The second kappa shape index (κ2) is 9.98. The fourth-order valence-electron chi connectivity index (χ4n) is 3.96. The van der Waals surface area contributed by atoms with Gasteiger partial charge in [-0.2, -0.15) is 13.2 Å². The van der Waals surface area contributed by atoms with Gasteiger partial charge in [0.15, 0.2) is 0 Å². The minimum atomic E-state index is -4.46. The first-order valence-electron chi connectivity index (χ1n) is 10.6.